The van der Waals surface area contributed by atoms with Gasteiger partial charge in [0.25, 0.3) is 0 Å². The highest BCUT2D eigenvalue weighted by molar-refractivity contribution is 5.64. The summed E-state index contributed by atoms with van der Waals surface area (Å²) < 4.78 is 4.90. The molecule has 0 radical (unpaired) electrons. The Labute approximate surface area is 59.2 Å². The molecule has 10 heavy (non-hydrogen) atoms. The van der Waals surface area contributed by atoms with E-state index >= 15 is 0 Å². The van der Waals surface area contributed by atoms with Crippen molar-refractivity contribution < 1.29 is 14.6 Å². The van der Waals surface area contributed by atoms with Crippen LogP contribution >= 0.6 is 0 Å². The third kappa shape index (κ3) is 1.60. The SMILES string of the molecule is C[C@@H](NC(=O)O)C1COC1. The average Bonchev–Trinajstić information content (AvgIpc) is 1.55. The second kappa shape index (κ2) is 2.88. The standard InChI is InChI=1S/C6H11NO3/c1-4(7-6(8)9)5-2-10-3-5/h4-5,7H,2-3H2,1H3,(H,8,9)/t4-/m1/s1. The summed E-state index contributed by atoms with van der Waals surface area (Å²) in [7, 11) is 0. The van der Waals surface area contributed by atoms with Crippen LogP contribution in [0.25, 0.3) is 0 Å². The van der Waals surface area contributed by atoms with Gasteiger partial charge in [0.1, 0.15) is 0 Å². The van der Waals surface area contributed by atoms with Crippen LogP contribution in [0.1, 0.15) is 6.92 Å². The minimum atomic E-state index is -0.959. The molecular formula is C6H11NO3. The molecule has 4 heteroatoms. The number of carbonyl (C=O) groups is 1. The van der Waals surface area contributed by atoms with Gasteiger partial charge < -0.3 is 15.2 Å². The van der Waals surface area contributed by atoms with Gasteiger partial charge in [-0.25, -0.2) is 4.79 Å². The van der Waals surface area contributed by atoms with Crippen LogP contribution in [0.15, 0.2) is 0 Å². The molecule has 0 aromatic heterocycles. The Bertz CT molecular complexity index is 133. The van der Waals surface area contributed by atoms with E-state index in [1.54, 1.807) is 0 Å². The smallest absolute Gasteiger partial charge is 0.404 e. The lowest BCUT2D eigenvalue weighted by Gasteiger charge is -2.31. The van der Waals surface area contributed by atoms with E-state index in [9.17, 15) is 4.79 Å². The van der Waals surface area contributed by atoms with E-state index in [1.165, 1.54) is 0 Å². The Hall–Kier alpha value is -0.770. The van der Waals surface area contributed by atoms with Gasteiger partial charge in [-0.2, -0.15) is 0 Å². The highest BCUT2D eigenvalue weighted by atomic mass is 16.5. The molecule has 0 saturated carbocycles. The number of ether oxygens (including phenoxy) is 1. The maximum absolute atomic E-state index is 10.1. The molecule has 1 aliphatic heterocycles. The highest BCUT2D eigenvalue weighted by Gasteiger charge is 2.25. The molecule has 1 atom stereocenters. The summed E-state index contributed by atoms with van der Waals surface area (Å²) >= 11 is 0. The largest absolute Gasteiger partial charge is 0.465 e. The van der Waals surface area contributed by atoms with Gasteiger partial charge >= 0.3 is 6.09 Å². The minimum absolute atomic E-state index is 0.0197. The van der Waals surface area contributed by atoms with E-state index < -0.39 is 6.09 Å². The van der Waals surface area contributed by atoms with E-state index in [2.05, 4.69) is 5.32 Å². The van der Waals surface area contributed by atoms with Crippen LogP contribution in [0.3, 0.4) is 0 Å². The predicted octanol–water partition coefficient (Wildman–Crippen LogP) is 0.289. The van der Waals surface area contributed by atoms with Crippen molar-refractivity contribution >= 4 is 6.09 Å². The van der Waals surface area contributed by atoms with Crippen molar-refractivity contribution in [1.29, 1.82) is 0 Å². The zero-order valence-electron chi connectivity index (χ0n) is 5.83. The molecule has 1 saturated heterocycles. The van der Waals surface area contributed by atoms with Crippen LogP contribution in [0.5, 0.6) is 0 Å². The zero-order valence-corrected chi connectivity index (χ0v) is 5.83. The number of hydrogen-bond donors (Lipinski definition) is 2. The fourth-order valence-electron chi connectivity index (χ4n) is 0.855. The van der Waals surface area contributed by atoms with Gasteiger partial charge in [-0.3, -0.25) is 0 Å². The number of carboxylic acid groups (broad SMARTS) is 1. The van der Waals surface area contributed by atoms with Gasteiger partial charge in [0.05, 0.1) is 13.2 Å². The molecule has 1 heterocycles. The molecular weight excluding hydrogens is 134 g/mol. The summed E-state index contributed by atoms with van der Waals surface area (Å²) in [6.07, 6.45) is -0.959. The van der Waals surface area contributed by atoms with Crippen molar-refractivity contribution in [2.24, 2.45) is 5.92 Å². The first kappa shape index (κ1) is 7.34. The lowest BCUT2D eigenvalue weighted by Crippen LogP contribution is -2.46. The summed E-state index contributed by atoms with van der Waals surface area (Å²) in [4.78, 5) is 10.1. The van der Waals surface area contributed by atoms with Crippen LogP contribution in [0, 0.1) is 5.92 Å². The fraction of sp³-hybridized carbons (Fsp3) is 0.833. The van der Waals surface area contributed by atoms with Crippen molar-refractivity contribution in [3.8, 4) is 0 Å². The first-order chi connectivity index (χ1) is 4.70. The monoisotopic (exact) mass is 145 g/mol. The molecule has 0 unspecified atom stereocenters. The summed E-state index contributed by atoms with van der Waals surface area (Å²) in [5.41, 5.74) is 0. The molecule has 2 N–H and O–H groups in total. The van der Waals surface area contributed by atoms with Gasteiger partial charge in [0, 0.05) is 12.0 Å². The Kier molecular flexibility index (Phi) is 2.11. The van der Waals surface area contributed by atoms with Gasteiger partial charge in [-0.1, -0.05) is 0 Å². The second-order valence-corrected chi connectivity index (χ2v) is 2.54. The normalized spacial score (nSPS) is 21.3. The fourth-order valence-corrected chi connectivity index (χ4v) is 0.855. The quantitative estimate of drug-likeness (QED) is 0.587. The van der Waals surface area contributed by atoms with Crippen molar-refractivity contribution in [3.63, 3.8) is 0 Å². The van der Waals surface area contributed by atoms with Crippen LogP contribution in [0.2, 0.25) is 0 Å². The lowest BCUT2D eigenvalue weighted by atomic mass is 10.0. The average molecular weight is 145 g/mol. The molecule has 1 fully saturated rings. The molecule has 58 valence electrons. The van der Waals surface area contributed by atoms with E-state index in [-0.39, 0.29) is 6.04 Å². The molecule has 1 aliphatic rings. The van der Waals surface area contributed by atoms with Gasteiger partial charge in [-0.15, -0.1) is 0 Å². The summed E-state index contributed by atoms with van der Waals surface area (Å²) in [6.45, 7) is 3.21. The van der Waals surface area contributed by atoms with E-state index in [0.29, 0.717) is 19.1 Å². The minimum Gasteiger partial charge on any atom is -0.465 e. The predicted molar refractivity (Wildman–Crippen MR) is 34.9 cm³/mol. The number of rotatable bonds is 2. The third-order valence-electron chi connectivity index (χ3n) is 1.72. The first-order valence-corrected chi connectivity index (χ1v) is 3.27. The van der Waals surface area contributed by atoms with Gasteiger partial charge in [0.15, 0.2) is 0 Å². The van der Waals surface area contributed by atoms with Crippen molar-refractivity contribution in [2.75, 3.05) is 13.2 Å². The second-order valence-electron chi connectivity index (χ2n) is 2.54. The molecule has 0 bridgehead atoms. The van der Waals surface area contributed by atoms with E-state index in [4.69, 9.17) is 9.84 Å². The maximum atomic E-state index is 10.1. The van der Waals surface area contributed by atoms with Gasteiger partial charge in [-0.05, 0) is 6.92 Å². The molecule has 0 aromatic carbocycles. The third-order valence-corrected chi connectivity index (χ3v) is 1.72. The van der Waals surface area contributed by atoms with Crippen LogP contribution in [0.4, 0.5) is 4.79 Å². The van der Waals surface area contributed by atoms with Crippen molar-refractivity contribution in [3.05, 3.63) is 0 Å². The Morgan fingerprint density at radius 1 is 1.80 bits per heavy atom. The lowest BCUT2D eigenvalue weighted by molar-refractivity contribution is -0.0454. The number of amides is 1. The van der Waals surface area contributed by atoms with Crippen LogP contribution in [-0.2, 0) is 4.74 Å². The summed E-state index contributed by atoms with van der Waals surface area (Å²) in [5.74, 6) is 0.371. The van der Waals surface area contributed by atoms with E-state index in [1.807, 2.05) is 6.92 Å². The molecule has 4 nitrogen and oxygen atoms in total. The molecule has 1 amide bonds. The van der Waals surface area contributed by atoms with Crippen molar-refractivity contribution in [2.45, 2.75) is 13.0 Å². The Morgan fingerprint density at radius 3 is 2.70 bits per heavy atom. The topological polar surface area (TPSA) is 58.6 Å². The van der Waals surface area contributed by atoms with Gasteiger partial charge in [0.2, 0.25) is 0 Å². The molecule has 0 spiro atoms. The zero-order chi connectivity index (χ0) is 7.56. The Balaban J connectivity index is 2.19. The Morgan fingerprint density at radius 2 is 2.40 bits per heavy atom. The summed E-state index contributed by atoms with van der Waals surface area (Å²) in [6, 6.07) is 0.0197. The molecule has 1 rings (SSSR count). The summed E-state index contributed by atoms with van der Waals surface area (Å²) in [5, 5.41) is 10.7. The molecule has 0 aliphatic carbocycles. The number of hydrogen-bond acceptors (Lipinski definition) is 2. The van der Waals surface area contributed by atoms with Crippen molar-refractivity contribution in [1.82, 2.24) is 5.32 Å². The van der Waals surface area contributed by atoms with Crippen LogP contribution in [-0.4, -0.2) is 30.5 Å². The molecule has 0 aromatic rings. The number of nitrogens with one attached hydrogen (secondary N) is 1. The van der Waals surface area contributed by atoms with Crippen LogP contribution < -0.4 is 5.32 Å². The maximum Gasteiger partial charge on any atom is 0.404 e. The van der Waals surface area contributed by atoms with E-state index in [0.717, 1.165) is 0 Å². The first-order valence-electron chi connectivity index (χ1n) is 3.27. The highest BCUT2D eigenvalue weighted by Crippen LogP contribution is 2.13.